The van der Waals surface area contributed by atoms with Gasteiger partial charge >= 0.3 is 0 Å². The predicted molar refractivity (Wildman–Crippen MR) is 63.1 cm³/mol. The van der Waals surface area contributed by atoms with Crippen LogP contribution in [0.25, 0.3) is 0 Å². The maximum atomic E-state index is 6.06. The Labute approximate surface area is 98.2 Å². The number of hydrogen-bond donors (Lipinski definition) is 1. The van der Waals surface area contributed by atoms with Gasteiger partial charge in [0.15, 0.2) is 0 Å². The van der Waals surface area contributed by atoms with Gasteiger partial charge in [-0.1, -0.05) is 0 Å². The molecule has 1 atom stereocenters. The molecule has 1 heterocycles. The van der Waals surface area contributed by atoms with Gasteiger partial charge in [0.05, 0.1) is 13.3 Å². The molecule has 0 bridgehead atoms. The minimum absolute atomic E-state index is 0.0904. The predicted octanol–water partition coefficient (Wildman–Crippen LogP) is 2.23. The van der Waals surface area contributed by atoms with Crippen molar-refractivity contribution in [2.75, 3.05) is 7.11 Å². The van der Waals surface area contributed by atoms with Crippen molar-refractivity contribution in [3.8, 4) is 5.75 Å². The van der Waals surface area contributed by atoms with E-state index < -0.39 is 0 Å². The molecule has 1 saturated carbocycles. The Morgan fingerprint density at radius 2 is 2.20 bits per heavy atom. The van der Waals surface area contributed by atoms with Crippen LogP contribution in [-0.4, -0.2) is 18.1 Å². The van der Waals surface area contributed by atoms with Crippen molar-refractivity contribution in [3.05, 3.63) is 22.4 Å². The number of pyridine rings is 1. The van der Waals surface area contributed by atoms with E-state index in [-0.39, 0.29) is 11.5 Å². The van der Waals surface area contributed by atoms with Gasteiger partial charge in [-0.05, 0) is 35.7 Å². The average Bonchev–Trinajstić information content (AvgIpc) is 2.98. The third kappa shape index (κ3) is 1.66. The van der Waals surface area contributed by atoms with Crippen molar-refractivity contribution < 1.29 is 4.74 Å². The number of hydrogen-bond acceptors (Lipinski definition) is 3. The number of nitrogens with two attached hydrogens (primary N) is 1. The van der Waals surface area contributed by atoms with Crippen LogP contribution in [0.5, 0.6) is 5.75 Å². The summed E-state index contributed by atoms with van der Waals surface area (Å²) in [6.07, 6.45) is 5.82. The molecule has 0 amide bonds. The molecule has 0 radical (unpaired) electrons. The molecule has 1 aromatic heterocycles. The summed E-state index contributed by atoms with van der Waals surface area (Å²) in [5.74, 6) is 0.833. The Balaban J connectivity index is 2.51. The number of rotatable bonds is 3. The van der Waals surface area contributed by atoms with E-state index in [0.717, 1.165) is 23.1 Å². The molecule has 1 fully saturated rings. The van der Waals surface area contributed by atoms with Crippen LogP contribution in [0.1, 0.15) is 25.3 Å². The quantitative estimate of drug-likeness (QED) is 0.917. The van der Waals surface area contributed by atoms with E-state index in [1.54, 1.807) is 19.5 Å². The van der Waals surface area contributed by atoms with E-state index in [1.807, 2.05) is 0 Å². The van der Waals surface area contributed by atoms with Gasteiger partial charge in [-0.15, -0.1) is 0 Å². The second-order valence-electron chi connectivity index (χ2n) is 4.14. The number of nitrogens with zero attached hydrogens (tertiary/aromatic N) is 1. The van der Waals surface area contributed by atoms with E-state index in [2.05, 4.69) is 27.8 Å². The lowest BCUT2D eigenvalue weighted by molar-refractivity contribution is 0.395. The van der Waals surface area contributed by atoms with Crippen LogP contribution in [0.15, 0.2) is 16.9 Å². The lowest BCUT2D eigenvalue weighted by Crippen LogP contribution is -2.32. The fraction of sp³-hybridized carbons (Fsp3) is 0.545. The Morgan fingerprint density at radius 3 is 2.67 bits per heavy atom. The lowest BCUT2D eigenvalue weighted by Gasteiger charge is -2.23. The number of methoxy groups -OCH3 is 1. The molecule has 4 heteroatoms. The highest BCUT2D eigenvalue weighted by Gasteiger charge is 2.50. The lowest BCUT2D eigenvalue weighted by atomic mass is 9.89. The smallest absolute Gasteiger partial charge is 0.142 e. The maximum Gasteiger partial charge on any atom is 0.142 e. The summed E-state index contributed by atoms with van der Waals surface area (Å²) >= 11 is 3.53. The van der Waals surface area contributed by atoms with Crippen LogP contribution in [-0.2, 0) is 5.41 Å². The minimum Gasteiger partial charge on any atom is -0.495 e. The normalized spacial score (nSPS) is 19.7. The first-order valence-electron chi connectivity index (χ1n) is 5.05. The first kappa shape index (κ1) is 10.9. The standard InChI is InChI=1S/C11H15BrN2O/c1-7(13)11(3-4-11)10-8(12)5-14-6-9(10)15-2/h5-7H,3-4,13H2,1-2H3. The van der Waals surface area contributed by atoms with Crippen molar-refractivity contribution in [2.24, 2.45) is 5.73 Å². The van der Waals surface area contributed by atoms with Crippen molar-refractivity contribution in [1.82, 2.24) is 4.98 Å². The number of halogens is 1. The first-order chi connectivity index (χ1) is 7.12. The summed E-state index contributed by atoms with van der Waals surface area (Å²) in [6, 6.07) is 0.144. The summed E-state index contributed by atoms with van der Waals surface area (Å²) in [5.41, 5.74) is 7.33. The Kier molecular flexibility index (Phi) is 2.73. The van der Waals surface area contributed by atoms with Gasteiger partial charge in [-0.2, -0.15) is 0 Å². The summed E-state index contributed by atoms with van der Waals surface area (Å²) in [5, 5.41) is 0. The highest BCUT2D eigenvalue weighted by Crippen LogP contribution is 2.55. The van der Waals surface area contributed by atoms with E-state index >= 15 is 0 Å². The summed E-state index contributed by atoms with van der Waals surface area (Å²) < 4.78 is 6.35. The van der Waals surface area contributed by atoms with Gasteiger partial charge in [-0.25, -0.2) is 0 Å². The average molecular weight is 271 g/mol. The highest BCUT2D eigenvalue weighted by atomic mass is 79.9. The fourth-order valence-corrected chi connectivity index (χ4v) is 2.83. The van der Waals surface area contributed by atoms with Crippen LogP contribution < -0.4 is 10.5 Å². The van der Waals surface area contributed by atoms with Gasteiger partial charge in [-0.3, -0.25) is 4.98 Å². The van der Waals surface area contributed by atoms with Gasteiger partial charge in [0.2, 0.25) is 0 Å². The summed E-state index contributed by atoms with van der Waals surface area (Å²) in [6.45, 7) is 2.05. The Hall–Kier alpha value is -0.610. The van der Waals surface area contributed by atoms with E-state index in [1.165, 1.54) is 5.56 Å². The molecular formula is C11H15BrN2O. The van der Waals surface area contributed by atoms with Crippen LogP contribution in [0, 0.1) is 0 Å². The first-order valence-corrected chi connectivity index (χ1v) is 5.84. The fourth-order valence-electron chi connectivity index (χ4n) is 2.12. The highest BCUT2D eigenvalue weighted by molar-refractivity contribution is 9.10. The summed E-state index contributed by atoms with van der Waals surface area (Å²) in [7, 11) is 1.67. The third-order valence-electron chi connectivity index (χ3n) is 3.24. The van der Waals surface area contributed by atoms with Crippen LogP contribution in [0.4, 0.5) is 0 Å². The molecule has 0 aliphatic heterocycles. The Morgan fingerprint density at radius 1 is 1.53 bits per heavy atom. The molecule has 82 valence electrons. The van der Waals surface area contributed by atoms with Crippen LogP contribution in [0.2, 0.25) is 0 Å². The largest absolute Gasteiger partial charge is 0.495 e. The molecule has 1 unspecified atom stereocenters. The molecule has 2 rings (SSSR count). The van der Waals surface area contributed by atoms with E-state index in [4.69, 9.17) is 10.5 Å². The molecule has 3 nitrogen and oxygen atoms in total. The minimum atomic E-state index is 0.0904. The number of aromatic nitrogens is 1. The van der Waals surface area contributed by atoms with Gasteiger partial charge in [0.1, 0.15) is 5.75 Å². The van der Waals surface area contributed by atoms with Gasteiger partial charge < -0.3 is 10.5 Å². The SMILES string of the molecule is COc1cncc(Br)c1C1(C(C)N)CC1. The monoisotopic (exact) mass is 270 g/mol. The van der Waals surface area contributed by atoms with Crippen LogP contribution >= 0.6 is 15.9 Å². The molecule has 2 N–H and O–H groups in total. The molecule has 0 spiro atoms. The zero-order chi connectivity index (χ0) is 11.1. The zero-order valence-electron chi connectivity index (χ0n) is 8.96. The second-order valence-corrected chi connectivity index (χ2v) is 5.00. The molecule has 0 saturated heterocycles. The van der Waals surface area contributed by atoms with Crippen molar-refractivity contribution in [2.45, 2.75) is 31.2 Å². The molecule has 1 aliphatic carbocycles. The molecule has 15 heavy (non-hydrogen) atoms. The van der Waals surface area contributed by atoms with Crippen molar-refractivity contribution >= 4 is 15.9 Å². The Bertz CT molecular complexity index is 375. The van der Waals surface area contributed by atoms with Crippen molar-refractivity contribution in [1.29, 1.82) is 0 Å². The zero-order valence-corrected chi connectivity index (χ0v) is 10.5. The van der Waals surface area contributed by atoms with Gasteiger partial charge in [0, 0.05) is 27.7 Å². The molecular weight excluding hydrogens is 256 g/mol. The molecule has 0 aromatic carbocycles. The molecule has 1 aliphatic rings. The topological polar surface area (TPSA) is 48.1 Å². The molecule has 1 aromatic rings. The third-order valence-corrected chi connectivity index (χ3v) is 3.84. The van der Waals surface area contributed by atoms with Crippen LogP contribution in [0.3, 0.4) is 0 Å². The van der Waals surface area contributed by atoms with Crippen molar-refractivity contribution in [3.63, 3.8) is 0 Å². The van der Waals surface area contributed by atoms with E-state index in [0.29, 0.717) is 0 Å². The maximum absolute atomic E-state index is 6.06. The second kappa shape index (κ2) is 3.76. The summed E-state index contributed by atoms with van der Waals surface area (Å²) in [4.78, 5) is 4.10. The van der Waals surface area contributed by atoms with E-state index in [9.17, 15) is 0 Å². The van der Waals surface area contributed by atoms with Gasteiger partial charge in [0.25, 0.3) is 0 Å². The number of ether oxygens (including phenoxy) is 1.